The predicted octanol–water partition coefficient (Wildman–Crippen LogP) is 0.837. The number of ether oxygens (including phenoxy) is 1. The maximum atomic E-state index is 5.23. The van der Waals surface area contributed by atoms with Crippen LogP contribution in [-0.2, 0) is 8.85 Å². The van der Waals surface area contributed by atoms with Crippen LogP contribution in [0.5, 0.6) is 5.75 Å². The van der Waals surface area contributed by atoms with Gasteiger partial charge in [0.25, 0.3) is 0 Å². The predicted molar refractivity (Wildman–Crippen MR) is 61.0 cm³/mol. The fourth-order valence-corrected chi connectivity index (χ4v) is 2.37. The van der Waals surface area contributed by atoms with E-state index in [0.29, 0.717) is 0 Å². The molecule has 0 aliphatic rings. The Balaban J connectivity index is 0.00000169. The zero-order valence-corrected chi connectivity index (χ0v) is 10.5. The van der Waals surface area contributed by atoms with Crippen molar-refractivity contribution in [2.45, 2.75) is 0 Å². The highest BCUT2D eigenvalue weighted by atomic mass is 35.5. The molecule has 1 aromatic rings. The van der Waals surface area contributed by atoms with Gasteiger partial charge >= 0.3 is 9.28 Å². The van der Waals surface area contributed by atoms with E-state index >= 15 is 0 Å². The highest BCUT2D eigenvalue weighted by Crippen LogP contribution is 2.06. The summed E-state index contributed by atoms with van der Waals surface area (Å²) in [5.41, 5.74) is 0. The van der Waals surface area contributed by atoms with E-state index < -0.39 is 9.28 Å². The summed E-state index contributed by atoms with van der Waals surface area (Å²) in [6, 6.07) is 7.77. The Labute approximate surface area is 92.2 Å². The summed E-state index contributed by atoms with van der Waals surface area (Å²) in [5, 5.41) is 1.12. The van der Waals surface area contributed by atoms with Crippen LogP contribution in [-0.4, -0.2) is 30.6 Å². The summed E-state index contributed by atoms with van der Waals surface area (Å²) in [4.78, 5) is 0. The second-order valence-electron chi connectivity index (χ2n) is 2.58. The normalized spacial score (nSPS) is 9.71. The molecule has 1 aromatic carbocycles. The first-order chi connectivity index (χ1) is 6.31. The van der Waals surface area contributed by atoms with Crippen LogP contribution in [0.2, 0.25) is 0 Å². The van der Waals surface area contributed by atoms with Gasteiger partial charge < -0.3 is 13.6 Å². The molecule has 0 aromatic heterocycles. The second-order valence-corrected chi connectivity index (χ2v) is 4.85. The lowest BCUT2D eigenvalue weighted by Crippen LogP contribution is -2.34. The van der Waals surface area contributed by atoms with Crippen molar-refractivity contribution in [1.29, 1.82) is 0 Å². The molecule has 0 fully saturated rings. The van der Waals surface area contributed by atoms with Gasteiger partial charge in [-0.2, -0.15) is 0 Å². The third kappa shape index (κ3) is 3.30. The van der Waals surface area contributed by atoms with Crippen LogP contribution >= 0.6 is 12.4 Å². The summed E-state index contributed by atoms with van der Waals surface area (Å²) in [7, 11) is 3.35. The molecular formula is C9H15ClO3Si. The number of hydrogen-bond donors (Lipinski definition) is 0. The van der Waals surface area contributed by atoms with Crippen LogP contribution in [0.4, 0.5) is 0 Å². The van der Waals surface area contributed by atoms with Crippen molar-refractivity contribution >= 4 is 26.9 Å². The van der Waals surface area contributed by atoms with E-state index in [1.165, 1.54) is 0 Å². The first-order valence-electron chi connectivity index (χ1n) is 4.01. The van der Waals surface area contributed by atoms with Gasteiger partial charge in [-0.15, -0.1) is 12.4 Å². The third-order valence-corrected chi connectivity index (χ3v) is 3.60. The number of methoxy groups -OCH3 is 1. The monoisotopic (exact) mass is 234 g/mol. The molecule has 0 bridgehead atoms. The minimum Gasteiger partial charge on any atom is -0.497 e. The van der Waals surface area contributed by atoms with Crippen molar-refractivity contribution in [2.75, 3.05) is 21.3 Å². The highest BCUT2D eigenvalue weighted by molar-refractivity contribution is 6.61. The van der Waals surface area contributed by atoms with Crippen LogP contribution < -0.4 is 9.92 Å². The molecular weight excluding hydrogens is 220 g/mol. The Morgan fingerprint density at radius 1 is 0.929 bits per heavy atom. The minimum atomic E-state index is -1.64. The Morgan fingerprint density at radius 2 is 1.43 bits per heavy atom. The smallest absolute Gasteiger partial charge is 0.355 e. The number of benzene rings is 1. The molecule has 0 unspecified atom stereocenters. The van der Waals surface area contributed by atoms with E-state index in [9.17, 15) is 0 Å². The van der Waals surface area contributed by atoms with Crippen molar-refractivity contribution in [2.24, 2.45) is 0 Å². The summed E-state index contributed by atoms with van der Waals surface area (Å²) >= 11 is 0. The highest BCUT2D eigenvalue weighted by Gasteiger charge is 2.12. The molecule has 0 heterocycles. The van der Waals surface area contributed by atoms with Crippen LogP contribution in [0.1, 0.15) is 0 Å². The van der Waals surface area contributed by atoms with Gasteiger partial charge in [0.1, 0.15) is 5.75 Å². The van der Waals surface area contributed by atoms with Crippen molar-refractivity contribution in [3.8, 4) is 5.75 Å². The Kier molecular flexibility index (Phi) is 6.57. The summed E-state index contributed by atoms with van der Waals surface area (Å²) in [6.07, 6.45) is 0. The van der Waals surface area contributed by atoms with Gasteiger partial charge in [-0.25, -0.2) is 0 Å². The first-order valence-corrected chi connectivity index (χ1v) is 5.53. The van der Waals surface area contributed by atoms with E-state index in [0.717, 1.165) is 10.9 Å². The molecule has 5 heteroatoms. The number of hydrogen-bond acceptors (Lipinski definition) is 3. The molecule has 0 amide bonds. The molecule has 14 heavy (non-hydrogen) atoms. The fraction of sp³-hybridized carbons (Fsp3) is 0.333. The van der Waals surface area contributed by atoms with Gasteiger partial charge in [-0.1, -0.05) is 12.1 Å². The lowest BCUT2D eigenvalue weighted by Gasteiger charge is -2.11. The van der Waals surface area contributed by atoms with E-state index in [1.807, 2.05) is 24.3 Å². The lowest BCUT2D eigenvalue weighted by molar-refractivity contribution is 0.292. The SMILES string of the molecule is COc1ccc([SiH](OC)OC)cc1.Cl. The average Bonchev–Trinajstić information content (AvgIpc) is 2.21. The molecule has 3 nitrogen and oxygen atoms in total. The van der Waals surface area contributed by atoms with Crippen molar-refractivity contribution < 1.29 is 13.6 Å². The minimum absolute atomic E-state index is 0. The van der Waals surface area contributed by atoms with Gasteiger partial charge in [0.05, 0.1) is 7.11 Å². The van der Waals surface area contributed by atoms with Gasteiger partial charge in [0.2, 0.25) is 0 Å². The molecule has 0 radical (unpaired) electrons. The summed E-state index contributed by atoms with van der Waals surface area (Å²) in [5.74, 6) is 0.851. The van der Waals surface area contributed by atoms with Crippen molar-refractivity contribution in [3.05, 3.63) is 24.3 Å². The third-order valence-electron chi connectivity index (χ3n) is 1.82. The fourth-order valence-electron chi connectivity index (χ4n) is 1.13. The standard InChI is InChI=1S/C9H14O3Si.ClH/c1-10-8-4-6-9(7-5-8)13(11-2)12-3;/h4-7,13H,1-3H3;1H. The molecule has 0 spiro atoms. The van der Waals surface area contributed by atoms with E-state index in [1.54, 1.807) is 21.3 Å². The molecule has 0 aliphatic carbocycles. The number of rotatable bonds is 4. The Bertz CT molecular complexity index is 249. The van der Waals surface area contributed by atoms with Crippen LogP contribution in [0, 0.1) is 0 Å². The topological polar surface area (TPSA) is 27.7 Å². The zero-order chi connectivity index (χ0) is 9.68. The molecule has 1 rings (SSSR count). The van der Waals surface area contributed by atoms with E-state index in [4.69, 9.17) is 13.6 Å². The van der Waals surface area contributed by atoms with Crippen LogP contribution in [0.15, 0.2) is 24.3 Å². The molecule has 0 aliphatic heterocycles. The van der Waals surface area contributed by atoms with Gasteiger partial charge in [0, 0.05) is 14.2 Å². The van der Waals surface area contributed by atoms with Crippen LogP contribution in [0.25, 0.3) is 0 Å². The largest absolute Gasteiger partial charge is 0.497 e. The van der Waals surface area contributed by atoms with E-state index in [-0.39, 0.29) is 12.4 Å². The molecule has 0 saturated heterocycles. The molecule has 0 atom stereocenters. The quantitative estimate of drug-likeness (QED) is 0.723. The van der Waals surface area contributed by atoms with Crippen molar-refractivity contribution in [1.82, 2.24) is 0 Å². The molecule has 0 saturated carbocycles. The summed E-state index contributed by atoms with van der Waals surface area (Å²) in [6.45, 7) is 0. The van der Waals surface area contributed by atoms with Gasteiger partial charge in [0.15, 0.2) is 0 Å². The molecule has 0 N–H and O–H groups in total. The van der Waals surface area contributed by atoms with Crippen molar-refractivity contribution in [3.63, 3.8) is 0 Å². The van der Waals surface area contributed by atoms with Gasteiger partial charge in [-0.05, 0) is 17.3 Å². The summed E-state index contributed by atoms with van der Waals surface area (Å²) < 4.78 is 15.5. The first kappa shape index (κ1) is 13.4. The zero-order valence-electron chi connectivity index (χ0n) is 8.52. The Hall–Kier alpha value is -0.553. The average molecular weight is 235 g/mol. The van der Waals surface area contributed by atoms with E-state index in [2.05, 4.69) is 0 Å². The second kappa shape index (κ2) is 6.84. The molecule has 80 valence electrons. The number of halogens is 1. The maximum absolute atomic E-state index is 5.23. The van der Waals surface area contributed by atoms with Gasteiger partial charge in [-0.3, -0.25) is 0 Å². The maximum Gasteiger partial charge on any atom is 0.355 e. The van der Waals surface area contributed by atoms with Crippen LogP contribution in [0.3, 0.4) is 0 Å². The Morgan fingerprint density at radius 3 is 1.79 bits per heavy atom. The lowest BCUT2D eigenvalue weighted by atomic mass is 10.3.